The van der Waals surface area contributed by atoms with Crippen molar-refractivity contribution < 1.29 is 8.42 Å². The highest BCUT2D eigenvalue weighted by molar-refractivity contribution is 9.10. The van der Waals surface area contributed by atoms with Crippen molar-refractivity contribution in [2.24, 2.45) is 0 Å². The molecule has 0 bridgehead atoms. The maximum absolute atomic E-state index is 12.4. The second kappa shape index (κ2) is 5.28. The first-order chi connectivity index (χ1) is 8.41. The molecule has 2 rings (SSSR count). The van der Waals surface area contributed by atoms with Crippen molar-refractivity contribution >= 4 is 26.0 Å². The van der Waals surface area contributed by atoms with E-state index in [1.165, 1.54) is 0 Å². The molecule has 1 aromatic rings. The lowest BCUT2D eigenvalue weighted by Crippen LogP contribution is -2.47. The molecule has 1 heterocycles. The first-order valence-electron chi connectivity index (χ1n) is 5.86. The number of nitrogens with zero attached hydrogens (tertiary/aromatic N) is 2. The van der Waals surface area contributed by atoms with Gasteiger partial charge in [0, 0.05) is 30.7 Å². The van der Waals surface area contributed by atoms with Crippen LogP contribution in [0.2, 0.25) is 0 Å². The van der Waals surface area contributed by atoms with E-state index in [1.54, 1.807) is 22.5 Å². The van der Waals surface area contributed by atoms with Crippen LogP contribution in [0.15, 0.2) is 27.6 Å². The number of sulfonamides is 1. The highest BCUT2D eigenvalue weighted by atomic mass is 79.9. The van der Waals surface area contributed by atoms with Crippen molar-refractivity contribution in [1.82, 2.24) is 9.21 Å². The molecular weight excluding hydrogens is 316 g/mol. The van der Waals surface area contributed by atoms with Gasteiger partial charge in [0.25, 0.3) is 0 Å². The van der Waals surface area contributed by atoms with Crippen LogP contribution in [0.1, 0.15) is 5.56 Å². The Kier molecular flexibility index (Phi) is 4.11. The van der Waals surface area contributed by atoms with E-state index in [0.717, 1.165) is 23.1 Å². The maximum Gasteiger partial charge on any atom is 0.243 e. The summed E-state index contributed by atoms with van der Waals surface area (Å²) in [6.07, 6.45) is 0. The molecule has 100 valence electrons. The Hall–Kier alpha value is -0.430. The number of likely N-dealkylation sites (N-methyl/N-ethyl adjacent to an activating group) is 1. The third-order valence-corrected chi connectivity index (χ3v) is 6.01. The zero-order valence-electron chi connectivity index (χ0n) is 10.6. The fraction of sp³-hybridized carbons (Fsp3) is 0.500. The van der Waals surface area contributed by atoms with Crippen molar-refractivity contribution in [1.29, 1.82) is 0 Å². The van der Waals surface area contributed by atoms with Gasteiger partial charge in [0.2, 0.25) is 10.0 Å². The molecule has 0 atom stereocenters. The summed E-state index contributed by atoms with van der Waals surface area (Å²) < 4.78 is 27.4. The standard InChI is InChI=1S/C12H17BrN2O2S/c1-10-9-11(3-4-12(10)13)18(16,17)15-7-5-14(2)6-8-15/h3-4,9H,5-8H2,1-2H3. The number of piperazine rings is 1. The van der Waals surface area contributed by atoms with Crippen molar-refractivity contribution in [2.75, 3.05) is 33.2 Å². The number of benzene rings is 1. The minimum absolute atomic E-state index is 0.382. The average molecular weight is 333 g/mol. The summed E-state index contributed by atoms with van der Waals surface area (Å²) in [5, 5.41) is 0. The molecule has 0 spiro atoms. The van der Waals surface area contributed by atoms with Crippen LogP contribution in [0.5, 0.6) is 0 Å². The van der Waals surface area contributed by atoms with Crippen LogP contribution in [0.3, 0.4) is 0 Å². The Balaban J connectivity index is 2.27. The van der Waals surface area contributed by atoms with Crippen molar-refractivity contribution in [3.8, 4) is 0 Å². The molecule has 0 aromatic heterocycles. The second-order valence-corrected chi connectivity index (χ2v) is 7.41. The van der Waals surface area contributed by atoms with E-state index in [4.69, 9.17) is 0 Å². The summed E-state index contributed by atoms with van der Waals surface area (Å²) in [5.41, 5.74) is 0.935. The minimum atomic E-state index is -3.34. The molecule has 4 nitrogen and oxygen atoms in total. The highest BCUT2D eigenvalue weighted by Gasteiger charge is 2.27. The number of aryl methyl sites for hydroxylation is 1. The molecule has 1 aliphatic heterocycles. The largest absolute Gasteiger partial charge is 0.304 e. The molecule has 18 heavy (non-hydrogen) atoms. The number of rotatable bonds is 2. The first kappa shape index (κ1) is 14.0. The van der Waals surface area contributed by atoms with Gasteiger partial charge in [0.1, 0.15) is 0 Å². The summed E-state index contributed by atoms with van der Waals surface area (Å²) in [7, 11) is -1.33. The van der Waals surface area contributed by atoms with Crippen LogP contribution in [0.25, 0.3) is 0 Å². The van der Waals surface area contributed by atoms with Gasteiger partial charge in [-0.15, -0.1) is 0 Å². The lowest BCUT2D eigenvalue weighted by molar-refractivity contribution is 0.222. The summed E-state index contributed by atoms with van der Waals surface area (Å²) in [6.45, 7) is 4.60. The molecule has 6 heteroatoms. The van der Waals surface area contributed by atoms with E-state index in [9.17, 15) is 8.42 Å². The molecule has 1 aliphatic rings. The highest BCUT2D eigenvalue weighted by Crippen LogP contribution is 2.23. The Morgan fingerprint density at radius 3 is 2.33 bits per heavy atom. The SMILES string of the molecule is Cc1cc(S(=O)(=O)N2CCN(C)CC2)ccc1Br. The normalized spacial score (nSPS) is 19.1. The van der Waals surface area contributed by atoms with Crippen LogP contribution in [0, 0.1) is 6.92 Å². The molecule has 0 aliphatic carbocycles. The van der Waals surface area contributed by atoms with E-state index in [-0.39, 0.29) is 0 Å². The topological polar surface area (TPSA) is 40.6 Å². The minimum Gasteiger partial charge on any atom is -0.304 e. The maximum atomic E-state index is 12.4. The van der Waals surface area contributed by atoms with Crippen LogP contribution < -0.4 is 0 Å². The Morgan fingerprint density at radius 1 is 1.17 bits per heavy atom. The van der Waals surface area contributed by atoms with E-state index in [2.05, 4.69) is 20.8 Å². The van der Waals surface area contributed by atoms with Crippen LogP contribution in [-0.4, -0.2) is 50.8 Å². The van der Waals surface area contributed by atoms with Gasteiger partial charge in [-0.05, 0) is 37.7 Å². The van der Waals surface area contributed by atoms with Gasteiger partial charge in [-0.1, -0.05) is 15.9 Å². The fourth-order valence-corrected chi connectivity index (χ4v) is 3.71. The molecule has 1 fully saturated rings. The molecule has 1 aromatic carbocycles. The molecule has 0 unspecified atom stereocenters. The van der Waals surface area contributed by atoms with E-state index in [1.807, 2.05) is 14.0 Å². The zero-order chi connectivity index (χ0) is 13.3. The lowest BCUT2D eigenvalue weighted by Gasteiger charge is -2.31. The average Bonchev–Trinajstić information content (AvgIpc) is 2.33. The van der Waals surface area contributed by atoms with E-state index < -0.39 is 10.0 Å². The van der Waals surface area contributed by atoms with Gasteiger partial charge in [0.15, 0.2) is 0 Å². The molecule has 0 N–H and O–H groups in total. The molecule has 0 radical (unpaired) electrons. The summed E-state index contributed by atoms with van der Waals surface area (Å²) in [6, 6.07) is 5.17. The van der Waals surface area contributed by atoms with Crippen LogP contribution >= 0.6 is 15.9 Å². The van der Waals surface area contributed by atoms with Gasteiger partial charge in [0.05, 0.1) is 4.90 Å². The van der Waals surface area contributed by atoms with Gasteiger partial charge >= 0.3 is 0 Å². The molecule has 1 saturated heterocycles. The quantitative estimate of drug-likeness (QED) is 0.827. The Morgan fingerprint density at radius 2 is 1.78 bits per heavy atom. The molecule has 0 amide bonds. The Labute approximate surface area is 117 Å². The molecular formula is C12H17BrN2O2S. The fourth-order valence-electron chi connectivity index (χ4n) is 1.96. The lowest BCUT2D eigenvalue weighted by atomic mass is 10.2. The van der Waals surface area contributed by atoms with Gasteiger partial charge in [-0.2, -0.15) is 4.31 Å². The molecule has 0 saturated carbocycles. The summed E-state index contributed by atoms with van der Waals surface area (Å²) in [5.74, 6) is 0. The van der Waals surface area contributed by atoms with Gasteiger partial charge in [-0.3, -0.25) is 0 Å². The van der Waals surface area contributed by atoms with Gasteiger partial charge in [-0.25, -0.2) is 8.42 Å². The van der Waals surface area contributed by atoms with E-state index >= 15 is 0 Å². The van der Waals surface area contributed by atoms with Crippen LogP contribution in [0.4, 0.5) is 0 Å². The third-order valence-electron chi connectivity index (χ3n) is 3.23. The monoisotopic (exact) mass is 332 g/mol. The first-order valence-corrected chi connectivity index (χ1v) is 8.09. The van der Waals surface area contributed by atoms with E-state index in [0.29, 0.717) is 18.0 Å². The number of hydrogen-bond donors (Lipinski definition) is 0. The number of halogens is 1. The zero-order valence-corrected chi connectivity index (χ0v) is 13.0. The van der Waals surface area contributed by atoms with Crippen molar-refractivity contribution in [3.05, 3.63) is 28.2 Å². The predicted octanol–water partition coefficient (Wildman–Crippen LogP) is 1.69. The summed E-state index contributed by atoms with van der Waals surface area (Å²) >= 11 is 3.38. The number of hydrogen-bond acceptors (Lipinski definition) is 3. The van der Waals surface area contributed by atoms with Gasteiger partial charge < -0.3 is 4.90 Å². The third kappa shape index (κ3) is 2.77. The Bertz CT molecular complexity index is 537. The van der Waals surface area contributed by atoms with Crippen LogP contribution in [-0.2, 0) is 10.0 Å². The predicted molar refractivity (Wildman–Crippen MR) is 75.1 cm³/mol. The van der Waals surface area contributed by atoms with Crippen molar-refractivity contribution in [2.45, 2.75) is 11.8 Å². The second-order valence-electron chi connectivity index (χ2n) is 4.62. The van der Waals surface area contributed by atoms with Crippen molar-refractivity contribution in [3.63, 3.8) is 0 Å². The smallest absolute Gasteiger partial charge is 0.243 e. The summed E-state index contributed by atoms with van der Waals surface area (Å²) in [4.78, 5) is 2.52.